The molecule has 0 saturated carbocycles. The monoisotopic (exact) mass is 277 g/mol. The number of nitrogens with zero attached hydrogens (tertiary/aromatic N) is 5. The predicted octanol–water partition coefficient (Wildman–Crippen LogP) is 0.909. The van der Waals surface area contributed by atoms with Gasteiger partial charge in [0.1, 0.15) is 11.2 Å². The van der Waals surface area contributed by atoms with E-state index in [4.69, 9.17) is 0 Å². The first-order valence-electron chi connectivity index (χ1n) is 5.26. The Hall–Kier alpha value is -2.55. The van der Waals surface area contributed by atoms with Crippen LogP contribution < -0.4 is 5.56 Å². The summed E-state index contributed by atoms with van der Waals surface area (Å²) in [6.07, 6.45) is 5.99. The summed E-state index contributed by atoms with van der Waals surface area (Å²) in [4.78, 5) is 29.9. The Labute approximate surface area is 109 Å². The molecule has 0 aliphatic rings. The van der Waals surface area contributed by atoms with Crippen LogP contribution in [0.25, 0.3) is 5.65 Å². The first kappa shape index (κ1) is 11.5. The van der Waals surface area contributed by atoms with Crippen molar-refractivity contribution in [3.05, 3.63) is 55.6 Å². The van der Waals surface area contributed by atoms with Crippen molar-refractivity contribution in [1.82, 2.24) is 18.9 Å². The number of hydrogen-bond acceptors (Lipinski definition) is 6. The molecule has 96 valence electrons. The SMILES string of the molecule is O=c1c2nc([N+](=O)[O-])cn2ccn1Cc1nccs1. The van der Waals surface area contributed by atoms with Crippen molar-refractivity contribution >= 4 is 22.8 Å². The molecule has 3 aromatic rings. The van der Waals surface area contributed by atoms with Crippen molar-refractivity contribution in [2.24, 2.45) is 0 Å². The van der Waals surface area contributed by atoms with E-state index in [0.29, 0.717) is 6.54 Å². The van der Waals surface area contributed by atoms with Gasteiger partial charge in [-0.3, -0.25) is 9.20 Å². The first-order valence-corrected chi connectivity index (χ1v) is 6.14. The number of thiazole rings is 1. The second kappa shape index (κ2) is 4.28. The number of nitro groups is 1. The maximum Gasteiger partial charge on any atom is 0.382 e. The molecule has 0 radical (unpaired) electrons. The van der Waals surface area contributed by atoms with Gasteiger partial charge in [-0.2, -0.15) is 0 Å². The molecule has 19 heavy (non-hydrogen) atoms. The normalized spacial score (nSPS) is 10.9. The lowest BCUT2D eigenvalue weighted by atomic mass is 10.5. The van der Waals surface area contributed by atoms with Gasteiger partial charge in [0, 0.05) is 24.0 Å². The van der Waals surface area contributed by atoms with Gasteiger partial charge >= 0.3 is 17.0 Å². The van der Waals surface area contributed by atoms with Crippen LogP contribution in [-0.4, -0.2) is 23.9 Å². The highest BCUT2D eigenvalue weighted by Gasteiger charge is 2.17. The maximum absolute atomic E-state index is 12.1. The molecule has 0 aliphatic carbocycles. The Morgan fingerprint density at radius 1 is 1.42 bits per heavy atom. The molecule has 0 fully saturated rings. The van der Waals surface area contributed by atoms with E-state index < -0.39 is 4.92 Å². The van der Waals surface area contributed by atoms with Crippen molar-refractivity contribution < 1.29 is 4.92 Å². The molecule has 0 unspecified atom stereocenters. The van der Waals surface area contributed by atoms with Crippen LogP contribution >= 0.6 is 11.3 Å². The van der Waals surface area contributed by atoms with Crippen LogP contribution in [0.5, 0.6) is 0 Å². The molecule has 3 aromatic heterocycles. The standard InChI is InChI=1S/C10H7N5O3S/c16-10-9-12-7(15(17)18)5-13(9)2-3-14(10)6-8-11-1-4-19-8/h1-5H,6H2. The van der Waals surface area contributed by atoms with E-state index in [1.165, 1.54) is 26.5 Å². The van der Waals surface area contributed by atoms with E-state index in [9.17, 15) is 14.9 Å². The summed E-state index contributed by atoms with van der Waals surface area (Å²) >= 11 is 1.44. The second-order valence-corrected chi connectivity index (χ2v) is 4.72. The molecule has 3 heterocycles. The van der Waals surface area contributed by atoms with Gasteiger partial charge in [-0.05, 0) is 9.91 Å². The summed E-state index contributed by atoms with van der Waals surface area (Å²) in [6.45, 7) is 0.327. The minimum Gasteiger partial charge on any atom is -0.358 e. The molecule has 0 aliphatic heterocycles. The minimum atomic E-state index is -0.627. The third-order valence-corrected chi connectivity index (χ3v) is 3.32. The topological polar surface area (TPSA) is 95.3 Å². The third kappa shape index (κ3) is 1.99. The van der Waals surface area contributed by atoms with Gasteiger partial charge in [0.2, 0.25) is 0 Å². The Morgan fingerprint density at radius 3 is 2.95 bits per heavy atom. The molecule has 0 N–H and O–H groups in total. The Morgan fingerprint density at radius 2 is 2.26 bits per heavy atom. The van der Waals surface area contributed by atoms with E-state index >= 15 is 0 Å². The molecule has 0 amide bonds. The first-order chi connectivity index (χ1) is 9.15. The fourth-order valence-electron chi connectivity index (χ4n) is 1.69. The molecule has 8 nitrogen and oxygen atoms in total. The number of hydrogen-bond donors (Lipinski definition) is 0. The third-order valence-electron chi connectivity index (χ3n) is 2.56. The van der Waals surface area contributed by atoms with E-state index in [-0.39, 0.29) is 17.0 Å². The number of aromatic nitrogens is 4. The van der Waals surface area contributed by atoms with Gasteiger partial charge in [-0.15, -0.1) is 11.3 Å². The average molecular weight is 277 g/mol. The van der Waals surface area contributed by atoms with Crippen LogP contribution in [-0.2, 0) is 6.54 Å². The quantitative estimate of drug-likeness (QED) is 0.523. The van der Waals surface area contributed by atoms with Crippen molar-refractivity contribution in [1.29, 1.82) is 0 Å². The molecule has 3 rings (SSSR count). The molecular weight excluding hydrogens is 270 g/mol. The van der Waals surface area contributed by atoms with Crippen LogP contribution in [0.2, 0.25) is 0 Å². The summed E-state index contributed by atoms with van der Waals surface area (Å²) in [7, 11) is 0. The molecule has 0 aromatic carbocycles. The lowest BCUT2D eigenvalue weighted by molar-refractivity contribution is -0.389. The van der Waals surface area contributed by atoms with Crippen LogP contribution in [0.3, 0.4) is 0 Å². The van der Waals surface area contributed by atoms with E-state index in [0.717, 1.165) is 5.01 Å². The van der Waals surface area contributed by atoms with Crippen LogP contribution in [0.15, 0.2) is 35.0 Å². The summed E-state index contributed by atoms with van der Waals surface area (Å²) in [5, 5.41) is 13.2. The van der Waals surface area contributed by atoms with Crippen LogP contribution in [0.1, 0.15) is 5.01 Å². The smallest absolute Gasteiger partial charge is 0.358 e. The Kier molecular flexibility index (Phi) is 2.60. The zero-order chi connectivity index (χ0) is 13.4. The maximum atomic E-state index is 12.1. The average Bonchev–Trinajstić information content (AvgIpc) is 3.02. The molecule has 0 bridgehead atoms. The molecule has 0 spiro atoms. The molecule has 0 atom stereocenters. The van der Waals surface area contributed by atoms with Crippen molar-refractivity contribution in [2.75, 3.05) is 0 Å². The van der Waals surface area contributed by atoms with E-state index in [1.54, 1.807) is 18.6 Å². The summed E-state index contributed by atoms with van der Waals surface area (Å²) < 4.78 is 2.77. The van der Waals surface area contributed by atoms with Gasteiger partial charge in [0.05, 0.1) is 6.54 Å². The zero-order valence-corrected chi connectivity index (χ0v) is 10.3. The van der Waals surface area contributed by atoms with E-state index in [1.807, 2.05) is 5.38 Å². The fourth-order valence-corrected chi connectivity index (χ4v) is 2.30. The van der Waals surface area contributed by atoms with Crippen molar-refractivity contribution in [3.8, 4) is 0 Å². The number of fused-ring (bicyclic) bond motifs is 1. The number of imidazole rings is 1. The zero-order valence-electron chi connectivity index (χ0n) is 9.46. The van der Waals surface area contributed by atoms with Gasteiger partial charge < -0.3 is 14.7 Å². The van der Waals surface area contributed by atoms with E-state index in [2.05, 4.69) is 9.97 Å². The molecule has 0 saturated heterocycles. The Balaban J connectivity index is 2.10. The van der Waals surface area contributed by atoms with Crippen molar-refractivity contribution in [2.45, 2.75) is 6.54 Å². The molecular formula is C10H7N5O3S. The highest BCUT2D eigenvalue weighted by atomic mass is 32.1. The second-order valence-electron chi connectivity index (χ2n) is 3.74. The Bertz CT molecular complexity index is 804. The van der Waals surface area contributed by atoms with Gasteiger partial charge in [0.25, 0.3) is 0 Å². The highest BCUT2D eigenvalue weighted by Crippen LogP contribution is 2.10. The fraction of sp³-hybridized carbons (Fsp3) is 0.100. The lowest BCUT2D eigenvalue weighted by Crippen LogP contribution is -2.22. The largest absolute Gasteiger partial charge is 0.382 e. The number of rotatable bonds is 3. The summed E-state index contributed by atoms with van der Waals surface area (Å²) in [5.74, 6) is -0.343. The van der Waals surface area contributed by atoms with Crippen LogP contribution in [0, 0.1) is 10.1 Å². The molecule has 9 heteroatoms. The van der Waals surface area contributed by atoms with Gasteiger partial charge in [0.15, 0.2) is 0 Å². The predicted molar refractivity (Wildman–Crippen MR) is 67.3 cm³/mol. The highest BCUT2D eigenvalue weighted by molar-refractivity contribution is 7.09. The lowest BCUT2D eigenvalue weighted by Gasteiger charge is -2.01. The minimum absolute atomic E-state index is 0.0331. The van der Waals surface area contributed by atoms with Gasteiger partial charge in [-0.1, -0.05) is 0 Å². The van der Waals surface area contributed by atoms with Gasteiger partial charge in [-0.25, -0.2) is 4.98 Å². The summed E-state index contributed by atoms with van der Waals surface area (Å²) in [5.41, 5.74) is -0.350. The van der Waals surface area contributed by atoms with Crippen molar-refractivity contribution in [3.63, 3.8) is 0 Å². The summed E-state index contributed by atoms with van der Waals surface area (Å²) in [6, 6.07) is 0. The van der Waals surface area contributed by atoms with Crippen LogP contribution in [0.4, 0.5) is 5.82 Å².